The number of aryl methyl sites for hydroxylation is 1. The summed E-state index contributed by atoms with van der Waals surface area (Å²) in [5, 5.41) is 28.7. The van der Waals surface area contributed by atoms with E-state index in [4.69, 9.17) is 4.74 Å². The first-order chi connectivity index (χ1) is 11.4. The quantitative estimate of drug-likeness (QED) is 0.554. The van der Waals surface area contributed by atoms with Crippen molar-refractivity contribution >= 4 is 17.6 Å². The maximum Gasteiger partial charge on any atom is 0.336 e. The number of aromatic hydroxyl groups is 2. The van der Waals surface area contributed by atoms with Gasteiger partial charge in [0, 0.05) is 11.6 Å². The molecule has 0 aromatic heterocycles. The van der Waals surface area contributed by atoms with Crippen molar-refractivity contribution in [2.24, 2.45) is 0 Å². The van der Waals surface area contributed by atoms with E-state index < -0.39 is 5.97 Å². The monoisotopic (exact) mass is 328 g/mol. The molecule has 2 aromatic carbocycles. The molecule has 2 aromatic rings. The van der Waals surface area contributed by atoms with Gasteiger partial charge in [0.1, 0.15) is 17.2 Å². The molecule has 3 N–H and O–H groups in total. The SMILES string of the molecule is CCCOc1ccc(/C(=C/c2ccc(O)cc2O)C(=O)O)cc1C. The van der Waals surface area contributed by atoms with Crippen LogP contribution in [0.15, 0.2) is 36.4 Å². The zero-order valence-corrected chi connectivity index (χ0v) is 13.6. The number of hydrogen-bond acceptors (Lipinski definition) is 4. The third kappa shape index (κ3) is 4.07. The number of rotatable bonds is 6. The van der Waals surface area contributed by atoms with Crippen LogP contribution in [0, 0.1) is 6.92 Å². The van der Waals surface area contributed by atoms with Gasteiger partial charge < -0.3 is 20.1 Å². The number of aliphatic carboxylic acids is 1. The third-order valence-corrected chi connectivity index (χ3v) is 3.49. The summed E-state index contributed by atoms with van der Waals surface area (Å²) in [7, 11) is 0. The Morgan fingerprint density at radius 1 is 1.17 bits per heavy atom. The van der Waals surface area contributed by atoms with Crippen molar-refractivity contribution in [3.8, 4) is 17.2 Å². The van der Waals surface area contributed by atoms with Gasteiger partial charge in [0.25, 0.3) is 0 Å². The Balaban J connectivity index is 2.42. The van der Waals surface area contributed by atoms with E-state index in [-0.39, 0.29) is 17.1 Å². The zero-order valence-electron chi connectivity index (χ0n) is 13.6. The average molecular weight is 328 g/mol. The van der Waals surface area contributed by atoms with Gasteiger partial charge in [-0.15, -0.1) is 0 Å². The van der Waals surface area contributed by atoms with Crippen LogP contribution in [-0.2, 0) is 4.79 Å². The summed E-state index contributed by atoms with van der Waals surface area (Å²) < 4.78 is 5.60. The van der Waals surface area contributed by atoms with E-state index in [1.165, 1.54) is 18.2 Å². The highest BCUT2D eigenvalue weighted by Crippen LogP contribution is 2.29. The minimum atomic E-state index is -1.11. The molecule has 0 unspecified atom stereocenters. The zero-order chi connectivity index (χ0) is 17.7. The molecule has 0 fully saturated rings. The molecular weight excluding hydrogens is 308 g/mol. The van der Waals surface area contributed by atoms with E-state index in [0.29, 0.717) is 17.7 Å². The fraction of sp³-hybridized carbons (Fsp3) is 0.211. The predicted molar refractivity (Wildman–Crippen MR) is 92.2 cm³/mol. The smallest absolute Gasteiger partial charge is 0.336 e. The molecule has 0 heterocycles. The van der Waals surface area contributed by atoms with Gasteiger partial charge in [-0.2, -0.15) is 0 Å². The number of phenols is 2. The van der Waals surface area contributed by atoms with E-state index in [0.717, 1.165) is 23.8 Å². The van der Waals surface area contributed by atoms with E-state index in [2.05, 4.69) is 0 Å². The molecule has 24 heavy (non-hydrogen) atoms. The van der Waals surface area contributed by atoms with Gasteiger partial charge in [0.15, 0.2) is 0 Å². The summed E-state index contributed by atoms with van der Waals surface area (Å²) >= 11 is 0. The molecule has 0 spiro atoms. The van der Waals surface area contributed by atoms with Gasteiger partial charge in [0.2, 0.25) is 0 Å². The topological polar surface area (TPSA) is 87.0 Å². The summed E-state index contributed by atoms with van der Waals surface area (Å²) in [6.07, 6.45) is 2.26. The van der Waals surface area contributed by atoms with Crippen LogP contribution in [0.2, 0.25) is 0 Å². The Morgan fingerprint density at radius 3 is 2.50 bits per heavy atom. The molecule has 2 rings (SSSR count). The van der Waals surface area contributed by atoms with E-state index in [1.54, 1.807) is 18.2 Å². The first kappa shape index (κ1) is 17.4. The van der Waals surface area contributed by atoms with Crippen LogP contribution in [-0.4, -0.2) is 27.9 Å². The van der Waals surface area contributed by atoms with Gasteiger partial charge in [-0.1, -0.05) is 13.0 Å². The highest BCUT2D eigenvalue weighted by molar-refractivity contribution is 6.20. The second-order valence-corrected chi connectivity index (χ2v) is 5.44. The summed E-state index contributed by atoms with van der Waals surface area (Å²) in [6, 6.07) is 9.17. The summed E-state index contributed by atoms with van der Waals surface area (Å²) in [6.45, 7) is 4.47. The third-order valence-electron chi connectivity index (χ3n) is 3.49. The summed E-state index contributed by atoms with van der Waals surface area (Å²) in [5.41, 5.74) is 1.70. The fourth-order valence-electron chi connectivity index (χ4n) is 2.27. The molecule has 126 valence electrons. The van der Waals surface area contributed by atoms with E-state index in [9.17, 15) is 20.1 Å². The molecule has 0 amide bonds. The van der Waals surface area contributed by atoms with E-state index in [1.807, 2.05) is 13.8 Å². The Kier molecular flexibility index (Phi) is 5.47. The van der Waals surface area contributed by atoms with Gasteiger partial charge in [-0.25, -0.2) is 4.79 Å². The molecule has 0 aliphatic rings. The molecule has 5 heteroatoms. The fourth-order valence-corrected chi connectivity index (χ4v) is 2.27. The number of phenolic OH excluding ortho intramolecular Hbond substituents is 2. The molecule has 0 saturated heterocycles. The first-order valence-corrected chi connectivity index (χ1v) is 7.63. The lowest BCUT2D eigenvalue weighted by molar-refractivity contribution is -0.130. The molecule has 5 nitrogen and oxygen atoms in total. The Labute approximate surface area is 140 Å². The average Bonchev–Trinajstić information content (AvgIpc) is 2.52. The highest BCUT2D eigenvalue weighted by atomic mass is 16.5. The van der Waals surface area contributed by atoms with Gasteiger partial charge >= 0.3 is 5.97 Å². The maximum absolute atomic E-state index is 11.6. The number of carbonyl (C=O) groups is 1. The maximum atomic E-state index is 11.6. The van der Waals surface area contributed by atoms with Crippen LogP contribution >= 0.6 is 0 Å². The van der Waals surface area contributed by atoms with Crippen molar-refractivity contribution in [1.29, 1.82) is 0 Å². The van der Waals surface area contributed by atoms with Crippen LogP contribution in [0.1, 0.15) is 30.0 Å². The number of hydrogen-bond donors (Lipinski definition) is 3. The molecule has 0 radical (unpaired) electrons. The first-order valence-electron chi connectivity index (χ1n) is 7.63. The number of carboxylic acid groups (broad SMARTS) is 1. The van der Waals surface area contributed by atoms with Crippen molar-refractivity contribution in [3.05, 3.63) is 53.1 Å². The van der Waals surface area contributed by atoms with Crippen LogP contribution in [0.3, 0.4) is 0 Å². The minimum absolute atomic E-state index is 0.0427. The Bertz CT molecular complexity index is 777. The molecule has 0 atom stereocenters. The normalized spacial score (nSPS) is 11.3. The van der Waals surface area contributed by atoms with Gasteiger partial charge in [-0.3, -0.25) is 0 Å². The molecular formula is C19H20O5. The predicted octanol–water partition coefficient (Wildman–Crippen LogP) is 3.82. The van der Waals surface area contributed by atoms with E-state index >= 15 is 0 Å². The number of benzene rings is 2. The standard InChI is InChI=1S/C19H20O5/c1-3-8-24-18-7-5-13(9-12(18)2)16(19(22)23)10-14-4-6-15(20)11-17(14)21/h4-7,9-11,20-21H,3,8H2,1-2H3,(H,22,23)/b16-10-. The van der Waals surface area contributed by atoms with Crippen molar-refractivity contribution in [1.82, 2.24) is 0 Å². The van der Waals surface area contributed by atoms with Crippen LogP contribution in [0.5, 0.6) is 17.2 Å². The largest absolute Gasteiger partial charge is 0.508 e. The van der Waals surface area contributed by atoms with Crippen LogP contribution < -0.4 is 4.74 Å². The molecule has 0 saturated carbocycles. The highest BCUT2D eigenvalue weighted by Gasteiger charge is 2.13. The van der Waals surface area contributed by atoms with Crippen molar-refractivity contribution in [2.45, 2.75) is 20.3 Å². The lowest BCUT2D eigenvalue weighted by atomic mass is 10.00. The van der Waals surface area contributed by atoms with Gasteiger partial charge in [0.05, 0.1) is 12.2 Å². The molecule has 0 aliphatic heterocycles. The van der Waals surface area contributed by atoms with Crippen LogP contribution in [0.4, 0.5) is 0 Å². The van der Waals surface area contributed by atoms with Gasteiger partial charge in [-0.05, 0) is 54.8 Å². The minimum Gasteiger partial charge on any atom is -0.508 e. The number of carboxylic acids is 1. The lowest BCUT2D eigenvalue weighted by Gasteiger charge is -2.11. The van der Waals surface area contributed by atoms with Crippen molar-refractivity contribution in [3.63, 3.8) is 0 Å². The Hall–Kier alpha value is -2.95. The summed E-state index contributed by atoms with van der Waals surface area (Å²) in [4.78, 5) is 11.6. The number of ether oxygens (including phenoxy) is 1. The van der Waals surface area contributed by atoms with Crippen molar-refractivity contribution < 1.29 is 24.9 Å². The lowest BCUT2D eigenvalue weighted by Crippen LogP contribution is -2.02. The Morgan fingerprint density at radius 2 is 1.92 bits per heavy atom. The molecule has 0 aliphatic carbocycles. The molecule has 0 bridgehead atoms. The second kappa shape index (κ2) is 7.55. The summed E-state index contributed by atoms with van der Waals surface area (Å²) in [5.74, 6) is -0.662. The van der Waals surface area contributed by atoms with Crippen molar-refractivity contribution in [2.75, 3.05) is 6.61 Å². The second-order valence-electron chi connectivity index (χ2n) is 5.44. The van der Waals surface area contributed by atoms with Crippen LogP contribution in [0.25, 0.3) is 11.6 Å².